The van der Waals surface area contributed by atoms with E-state index in [1.165, 1.54) is 0 Å². The van der Waals surface area contributed by atoms with E-state index in [2.05, 4.69) is 15.5 Å². The number of nitrogens with two attached hydrogens (primary N) is 1. The second-order valence-corrected chi connectivity index (χ2v) is 12.5. The molecule has 0 aromatic heterocycles. The third-order valence-electron chi connectivity index (χ3n) is 8.88. The summed E-state index contributed by atoms with van der Waals surface area (Å²) < 4.78 is 13.0. The normalized spacial score (nSPS) is 18.8. The number of hydrogen-bond donors (Lipinski definition) is 5. The molecule has 0 bridgehead atoms. The molecule has 0 spiro atoms. The van der Waals surface area contributed by atoms with Crippen LogP contribution in [0.15, 0.2) is 103 Å². The summed E-state index contributed by atoms with van der Waals surface area (Å²) in [6, 6.07) is 31.6. The minimum absolute atomic E-state index is 0.0406. The van der Waals surface area contributed by atoms with Crippen LogP contribution in [0.25, 0.3) is 0 Å². The number of aliphatic hydroxyl groups is 2. The Kier molecular flexibility index (Phi) is 12.5. The third kappa shape index (κ3) is 9.97. The Balaban J connectivity index is 1.23. The lowest BCUT2D eigenvalue weighted by Gasteiger charge is -2.39. The van der Waals surface area contributed by atoms with Crippen LogP contribution < -0.4 is 16.4 Å². The molecule has 6 N–H and O–H groups in total. The Hall–Kier alpha value is -4.58. The lowest BCUT2D eigenvalue weighted by molar-refractivity contribution is -0.253. The van der Waals surface area contributed by atoms with Crippen molar-refractivity contribution in [2.45, 2.75) is 69.9 Å². The number of nitrogens with zero attached hydrogens (tertiary/aromatic N) is 1. The Morgan fingerprint density at radius 2 is 1.57 bits per heavy atom. The fourth-order valence-corrected chi connectivity index (χ4v) is 5.91. The van der Waals surface area contributed by atoms with E-state index in [1.807, 2.05) is 86.8 Å². The van der Waals surface area contributed by atoms with Crippen LogP contribution in [-0.2, 0) is 25.7 Å². The largest absolute Gasteiger partial charge is 0.397 e. The van der Waals surface area contributed by atoms with E-state index in [4.69, 9.17) is 15.2 Å². The number of carbonyl (C=O) groups is 2. The molecule has 0 aliphatic carbocycles. The molecule has 0 radical (unpaired) electrons. The van der Waals surface area contributed by atoms with Gasteiger partial charge in [-0.2, -0.15) is 0 Å². The highest BCUT2D eigenvalue weighted by atomic mass is 16.7. The first kappa shape index (κ1) is 35.7. The summed E-state index contributed by atoms with van der Waals surface area (Å²) in [5.41, 5.74) is 10.9. The zero-order valence-corrected chi connectivity index (χ0v) is 28.0. The van der Waals surface area contributed by atoms with Gasteiger partial charge >= 0.3 is 0 Å². The fourth-order valence-electron chi connectivity index (χ4n) is 5.91. The van der Waals surface area contributed by atoms with Crippen molar-refractivity contribution in [3.8, 4) is 0 Å². The summed E-state index contributed by atoms with van der Waals surface area (Å²) in [6.45, 7) is 2.51. The van der Waals surface area contributed by atoms with Gasteiger partial charge in [0, 0.05) is 43.1 Å². The van der Waals surface area contributed by atoms with Crippen molar-refractivity contribution in [3.05, 3.63) is 125 Å². The van der Waals surface area contributed by atoms with Crippen LogP contribution in [0.4, 0.5) is 17.1 Å². The van der Waals surface area contributed by atoms with Gasteiger partial charge in [0.25, 0.3) is 0 Å². The predicted molar refractivity (Wildman–Crippen MR) is 190 cm³/mol. The number of benzene rings is 4. The summed E-state index contributed by atoms with van der Waals surface area (Å²) >= 11 is 0. The van der Waals surface area contributed by atoms with Gasteiger partial charge in [-0.15, -0.1) is 0 Å². The van der Waals surface area contributed by atoms with Gasteiger partial charge in [-0.25, -0.2) is 0 Å². The van der Waals surface area contributed by atoms with Gasteiger partial charge in [-0.3, -0.25) is 14.5 Å². The van der Waals surface area contributed by atoms with E-state index >= 15 is 0 Å². The lowest BCUT2D eigenvalue weighted by atomic mass is 9.98. The van der Waals surface area contributed by atoms with Crippen molar-refractivity contribution in [1.29, 1.82) is 0 Å². The maximum absolute atomic E-state index is 12.8. The van der Waals surface area contributed by atoms with Crippen LogP contribution in [0.5, 0.6) is 0 Å². The number of amides is 2. The molecule has 5 atom stereocenters. The van der Waals surface area contributed by atoms with Gasteiger partial charge < -0.3 is 36.1 Å². The van der Waals surface area contributed by atoms with Crippen LogP contribution in [-0.4, -0.2) is 52.7 Å². The Bertz CT molecular complexity index is 1670. The number of ether oxygens (including phenoxy) is 2. The zero-order chi connectivity index (χ0) is 34.8. The van der Waals surface area contributed by atoms with E-state index in [-0.39, 0.29) is 49.5 Å². The number of hydrogen-bond acceptors (Lipinski definition) is 8. The SMILES string of the molecule is C[C@@H]([C@H](O)c1ccccc1)N(C)C[C@H]1C[C@@H](c2ccc(CO)cc2)O[C@@H](c2cccc(NC(=O)CCCC(=O)Nc3ccccc3N)c2)O1. The molecule has 4 aromatic carbocycles. The molecule has 258 valence electrons. The van der Waals surface area contributed by atoms with Gasteiger partial charge in [0.15, 0.2) is 6.29 Å². The van der Waals surface area contributed by atoms with E-state index in [1.54, 1.807) is 30.3 Å². The minimum atomic E-state index is -0.713. The van der Waals surface area contributed by atoms with Crippen molar-refractivity contribution in [2.75, 3.05) is 30.0 Å². The third-order valence-corrected chi connectivity index (χ3v) is 8.88. The van der Waals surface area contributed by atoms with Crippen LogP contribution in [0.2, 0.25) is 0 Å². The van der Waals surface area contributed by atoms with Crippen LogP contribution >= 0.6 is 0 Å². The first-order valence-electron chi connectivity index (χ1n) is 16.7. The second kappa shape index (κ2) is 17.2. The molecule has 0 saturated carbocycles. The predicted octanol–water partition coefficient (Wildman–Crippen LogP) is 6.11. The maximum atomic E-state index is 12.8. The zero-order valence-electron chi connectivity index (χ0n) is 28.0. The summed E-state index contributed by atoms with van der Waals surface area (Å²) in [6.07, 6.45) is -0.566. The van der Waals surface area contributed by atoms with E-state index in [0.29, 0.717) is 36.4 Å². The maximum Gasteiger partial charge on any atom is 0.224 e. The molecule has 1 saturated heterocycles. The highest BCUT2D eigenvalue weighted by molar-refractivity contribution is 5.94. The first-order chi connectivity index (χ1) is 23.7. The molecule has 10 nitrogen and oxygen atoms in total. The van der Waals surface area contributed by atoms with Gasteiger partial charge in [0.1, 0.15) is 0 Å². The van der Waals surface area contributed by atoms with Crippen molar-refractivity contribution in [2.24, 2.45) is 0 Å². The van der Waals surface area contributed by atoms with E-state index in [0.717, 1.165) is 22.3 Å². The summed E-state index contributed by atoms with van der Waals surface area (Å²) in [5, 5.41) is 26.3. The number of para-hydroxylation sites is 2. The average Bonchev–Trinajstić information content (AvgIpc) is 3.12. The van der Waals surface area contributed by atoms with Gasteiger partial charge in [-0.05, 0) is 61.3 Å². The number of aliphatic hydroxyl groups excluding tert-OH is 2. The number of anilines is 3. The molecule has 49 heavy (non-hydrogen) atoms. The molecule has 1 aliphatic rings. The quantitative estimate of drug-likeness (QED) is 0.101. The van der Waals surface area contributed by atoms with Crippen LogP contribution in [0.1, 0.15) is 73.4 Å². The second-order valence-electron chi connectivity index (χ2n) is 12.5. The van der Waals surface area contributed by atoms with Crippen molar-refractivity contribution < 1.29 is 29.3 Å². The summed E-state index contributed by atoms with van der Waals surface area (Å²) in [4.78, 5) is 27.3. The van der Waals surface area contributed by atoms with Crippen molar-refractivity contribution >= 4 is 28.9 Å². The number of carbonyl (C=O) groups excluding carboxylic acids is 2. The highest BCUT2D eigenvalue weighted by Gasteiger charge is 2.34. The fraction of sp³-hybridized carbons (Fsp3) is 0.333. The average molecular weight is 667 g/mol. The topological polar surface area (TPSA) is 146 Å². The molecule has 5 rings (SSSR count). The number of likely N-dealkylation sites (N-methyl/N-ethyl adjacent to an activating group) is 1. The van der Waals surface area contributed by atoms with Crippen molar-refractivity contribution in [1.82, 2.24) is 4.90 Å². The number of rotatable bonds is 14. The van der Waals surface area contributed by atoms with E-state index < -0.39 is 12.4 Å². The molecular formula is C39H46N4O6. The Morgan fingerprint density at radius 1 is 0.878 bits per heavy atom. The molecule has 1 fully saturated rings. The van der Waals surface area contributed by atoms with Crippen LogP contribution in [0.3, 0.4) is 0 Å². The van der Waals surface area contributed by atoms with E-state index in [9.17, 15) is 19.8 Å². The van der Waals surface area contributed by atoms with Crippen LogP contribution in [0, 0.1) is 0 Å². The molecule has 1 aliphatic heterocycles. The first-order valence-corrected chi connectivity index (χ1v) is 16.7. The summed E-state index contributed by atoms with van der Waals surface area (Å²) in [7, 11) is 1.98. The Labute approximate surface area is 287 Å². The smallest absolute Gasteiger partial charge is 0.224 e. The van der Waals surface area contributed by atoms with Gasteiger partial charge in [0.2, 0.25) is 11.8 Å². The molecule has 1 heterocycles. The molecule has 4 aromatic rings. The standard InChI is InChI=1S/C39H46N4O6/c1-26(38(47)29-10-4-3-5-11-29)43(2)24-32-23-35(28-20-18-27(25-44)19-21-28)49-39(48-32)30-12-8-13-31(22-30)41-36(45)16-9-17-37(46)42-34-15-7-6-14-33(34)40/h3-8,10-15,18-22,26,32,35,38-39,44,47H,9,16-17,23-25,40H2,1-2H3,(H,41,45)(H,42,46)/t26-,32+,35-,38-,39-/m0/s1. The molecular weight excluding hydrogens is 620 g/mol. The number of nitrogen functional groups attached to an aromatic ring is 1. The monoisotopic (exact) mass is 666 g/mol. The molecule has 0 unspecified atom stereocenters. The van der Waals surface area contributed by atoms with Crippen molar-refractivity contribution in [3.63, 3.8) is 0 Å². The lowest BCUT2D eigenvalue weighted by Crippen LogP contribution is -2.43. The number of nitrogens with one attached hydrogen (secondary N) is 2. The Morgan fingerprint density at radius 3 is 2.29 bits per heavy atom. The molecule has 2 amide bonds. The van der Waals surface area contributed by atoms with Gasteiger partial charge in [0.05, 0.1) is 36.3 Å². The highest BCUT2D eigenvalue weighted by Crippen LogP contribution is 2.39. The summed E-state index contributed by atoms with van der Waals surface area (Å²) in [5.74, 6) is -0.411. The minimum Gasteiger partial charge on any atom is -0.397 e. The molecule has 10 heteroatoms. The van der Waals surface area contributed by atoms with Gasteiger partial charge in [-0.1, -0.05) is 78.9 Å².